The summed E-state index contributed by atoms with van der Waals surface area (Å²) in [5.41, 5.74) is 5.68. The molecular weight excluding hydrogens is 329 g/mol. The van der Waals surface area contributed by atoms with Gasteiger partial charge in [0.2, 0.25) is 0 Å². The number of aromatic nitrogens is 1. The second-order valence-electron chi connectivity index (χ2n) is 4.79. The van der Waals surface area contributed by atoms with Crippen molar-refractivity contribution in [3.05, 3.63) is 77.2 Å². The standard InChI is InChI=1S/C17H12FN3O2S/c18-12-6-4-11(5-7-12)14-8-9-15(24-14)17(23)21-20-16(22)13-3-1-2-10-19-13/h1-10H,(H,20,22)(H,21,23). The molecule has 3 rings (SSSR count). The Labute approximate surface area is 141 Å². The smallest absolute Gasteiger partial charge is 0.266 e. The van der Waals surface area contributed by atoms with E-state index in [0.29, 0.717) is 4.88 Å². The molecule has 2 N–H and O–H groups in total. The number of rotatable bonds is 3. The van der Waals surface area contributed by atoms with Crippen molar-refractivity contribution in [3.8, 4) is 10.4 Å². The van der Waals surface area contributed by atoms with Crippen LogP contribution in [0.4, 0.5) is 4.39 Å². The number of hydrogen-bond donors (Lipinski definition) is 2. The highest BCUT2D eigenvalue weighted by Gasteiger charge is 2.12. The van der Waals surface area contributed by atoms with Crippen LogP contribution in [-0.2, 0) is 0 Å². The normalized spacial score (nSPS) is 10.2. The Hall–Kier alpha value is -3.06. The van der Waals surface area contributed by atoms with Crippen molar-refractivity contribution < 1.29 is 14.0 Å². The van der Waals surface area contributed by atoms with Gasteiger partial charge in [-0.3, -0.25) is 25.4 Å². The Balaban J connectivity index is 1.64. The van der Waals surface area contributed by atoms with Crippen molar-refractivity contribution >= 4 is 23.2 Å². The molecule has 0 aliphatic carbocycles. The number of thiophene rings is 1. The fourth-order valence-corrected chi connectivity index (χ4v) is 2.87. The van der Waals surface area contributed by atoms with E-state index < -0.39 is 11.8 Å². The Morgan fingerprint density at radius 1 is 0.917 bits per heavy atom. The van der Waals surface area contributed by atoms with E-state index in [0.717, 1.165) is 10.4 Å². The SMILES string of the molecule is O=C(NNC(=O)c1ccc(-c2ccc(F)cc2)s1)c1ccccn1. The summed E-state index contributed by atoms with van der Waals surface area (Å²) in [6.45, 7) is 0. The van der Waals surface area contributed by atoms with Crippen LogP contribution in [0.25, 0.3) is 10.4 Å². The lowest BCUT2D eigenvalue weighted by molar-refractivity contribution is 0.0846. The second-order valence-corrected chi connectivity index (χ2v) is 5.88. The average Bonchev–Trinajstić information content (AvgIpc) is 3.11. The molecule has 7 heteroatoms. The highest BCUT2D eigenvalue weighted by atomic mass is 32.1. The van der Waals surface area contributed by atoms with Crippen LogP contribution in [-0.4, -0.2) is 16.8 Å². The molecule has 0 bridgehead atoms. The van der Waals surface area contributed by atoms with Crippen molar-refractivity contribution in [2.24, 2.45) is 0 Å². The van der Waals surface area contributed by atoms with E-state index in [9.17, 15) is 14.0 Å². The highest BCUT2D eigenvalue weighted by molar-refractivity contribution is 7.17. The zero-order valence-corrected chi connectivity index (χ0v) is 13.1. The first-order valence-electron chi connectivity index (χ1n) is 7.01. The fraction of sp³-hybridized carbons (Fsp3) is 0. The third-order valence-electron chi connectivity index (χ3n) is 3.15. The van der Waals surface area contributed by atoms with Crippen molar-refractivity contribution in [2.75, 3.05) is 0 Å². The predicted molar refractivity (Wildman–Crippen MR) is 88.9 cm³/mol. The van der Waals surface area contributed by atoms with Gasteiger partial charge in [-0.15, -0.1) is 11.3 Å². The molecular formula is C17H12FN3O2S. The van der Waals surface area contributed by atoms with E-state index >= 15 is 0 Å². The molecule has 2 amide bonds. The van der Waals surface area contributed by atoms with Crippen LogP contribution in [0.3, 0.4) is 0 Å². The lowest BCUT2D eigenvalue weighted by atomic mass is 10.2. The monoisotopic (exact) mass is 341 g/mol. The number of carbonyl (C=O) groups is 2. The average molecular weight is 341 g/mol. The minimum atomic E-state index is -0.501. The van der Waals surface area contributed by atoms with Crippen molar-refractivity contribution in [2.45, 2.75) is 0 Å². The Morgan fingerprint density at radius 3 is 2.38 bits per heavy atom. The number of hydrogen-bond acceptors (Lipinski definition) is 4. The van der Waals surface area contributed by atoms with Gasteiger partial charge in [-0.2, -0.15) is 0 Å². The summed E-state index contributed by atoms with van der Waals surface area (Å²) in [5, 5.41) is 0. The van der Waals surface area contributed by atoms with E-state index in [1.54, 1.807) is 42.5 Å². The fourth-order valence-electron chi connectivity index (χ4n) is 1.97. The van der Waals surface area contributed by atoms with Gasteiger partial charge in [0.25, 0.3) is 11.8 Å². The van der Waals surface area contributed by atoms with Crippen molar-refractivity contribution in [1.29, 1.82) is 0 Å². The lowest BCUT2D eigenvalue weighted by Gasteiger charge is -2.05. The summed E-state index contributed by atoms with van der Waals surface area (Å²) in [7, 11) is 0. The number of pyridine rings is 1. The van der Waals surface area contributed by atoms with Crippen molar-refractivity contribution in [1.82, 2.24) is 15.8 Å². The van der Waals surface area contributed by atoms with Crippen LogP contribution in [0.1, 0.15) is 20.2 Å². The highest BCUT2D eigenvalue weighted by Crippen LogP contribution is 2.28. The summed E-state index contributed by atoms with van der Waals surface area (Å²) < 4.78 is 12.9. The van der Waals surface area contributed by atoms with Crippen LogP contribution >= 0.6 is 11.3 Å². The van der Waals surface area contributed by atoms with Crippen molar-refractivity contribution in [3.63, 3.8) is 0 Å². The topological polar surface area (TPSA) is 71.1 Å². The summed E-state index contributed by atoms with van der Waals surface area (Å²) in [6.07, 6.45) is 1.49. The van der Waals surface area contributed by atoms with Gasteiger partial charge >= 0.3 is 0 Å². The van der Waals surface area contributed by atoms with E-state index in [1.807, 2.05) is 0 Å². The number of amides is 2. The van der Waals surface area contributed by atoms with Crippen LogP contribution in [0.5, 0.6) is 0 Å². The Morgan fingerprint density at radius 2 is 1.67 bits per heavy atom. The van der Waals surface area contributed by atoms with Gasteiger partial charge in [0, 0.05) is 11.1 Å². The molecule has 0 atom stereocenters. The maximum Gasteiger partial charge on any atom is 0.288 e. The number of nitrogens with zero attached hydrogens (tertiary/aromatic N) is 1. The molecule has 5 nitrogen and oxygen atoms in total. The minimum absolute atomic E-state index is 0.205. The minimum Gasteiger partial charge on any atom is -0.266 e. The molecule has 120 valence electrons. The maximum absolute atomic E-state index is 12.9. The molecule has 0 fully saturated rings. The summed E-state index contributed by atoms with van der Waals surface area (Å²) in [5.74, 6) is -1.25. The third-order valence-corrected chi connectivity index (χ3v) is 4.28. The van der Waals surface area contributed by atoms with Gasteiger partial charge < -0.3 is 0 Å². The van der Waals surface area contributed by atoms with E-state index in [2.05, 4.69) is 15.8 Å². The van der Waals surface area contributed by atoms with Gasteiger partial charge in [0.05, 0.1) is 4.88 Å². The predicted octanol–water partition coefficient (Wildman–Crippen LogP) is 3.02. The van der Waals surface area contributed by atoms with Gasteiger partial charge in [-0.05, 0) is 42.0 Å². The quantitative estimate of drug-likeness (QED) is 0.720. The first-order valence-corrected chi connectivity index (χ1v) is 7.82. The van der Waals surface area contributed by atoms with Gasteiger partial charge in [0.1, 0.15) is 11.5 Å². The van der Waals surface area contributed by atoms with E-state index in [1.165, 1.54) is 29.7 Å². The zero-order valence-electron chi connectivity index (χ0n) is 12.3. The molecule has 0 spiro atoms. The van der Waals surface area contributed by atoms with Gasteiger partial charge in [-0.25, -0.2) is 4.39 Å². The first kappa shape index (κ1) is 15.8. The second kappa shape index (κ2) is 7.01. The summed E-state index contributed by atoms with van der Waals surface area (Å²) >= 11 is 1.25. The zero-order chi connectivity index (χ0) is 16.9. The molecule has 0 saturated carbocycles. The Bertz CT molecular complexity index is 863. The molecule has 0 radical (unpaired) electrons. The molecule has 0 unspecified atom stereocenters. The molecule has 2 aromatic heterocycles. The molecule has 0 aliphatic rings. The first-order chi connectivity index (χ1) is 11.6. The lowest BCUT2D eigenvalue weighted by Crippen LogP contribution is -2.41. The van der Waals surface area contributed by atoms with Crippen LogP contribution in [0.2, 0.25) is 0 Å². The maximum atomic E-state index is 12.9. The number of halogens is 1. The molecule has 24 heavy (non-hydrogen) atoms. The van der Waals surface area contributed by atoms with Gasteiger partial charge in [0.15, 0.2) is 0 Å². The number of hydrazine groups is 1. The summed E-state index contributed by atoms with van der Waals surface area (Å²) in [6, 6.07) is 14.3. The molecule has 0 aliphatic heterocycles. The van der Waals surface area contributed by atoms with Crippen LogP contribution < -0.4 is 10.9 Å². The van der Waals surface area contributed by atoms with Gasteiger partial charge in [-0.1, -0.05) is 18.2 Å². The third kappa shape index (κ3) is 3.64. The van der Waals surface area contributed by atoms with E-state index in [4.69, 9.17) is 0 Å². The largest absolute Gasteiger partial charge is 0.288 e. The number of benzene rings is 1. The van der Waals surface area contributed by atoms with Crippen LogP contribution in [0.15, 0.2) is 60.8 Å². The summed E-state index contributed by atoms with van der Waals surface area (Å²) in [4.78, 5) is 29.0. The van der Waals surface area contributed by atoms with E-state index in [-0.39, 0.29) is 11.5 Å². The molecule has 0 saturated heterocycles. The van der Waals surface area contributed by atoms with Crippen LogP contribution in [0, 0.1) is 5.82 Å². The number of carbonyl (C=O) groups excluding carboxylic acids is 2. The molecule has 2 heterocycles. The number of nitrogens with one attached hydrogen (secondary N) is 2. The molecule has 1 aromatic carbocycles. The molecule has 3 aromatic rings. The Kier molecular flexibility index (Phi) is 4.62.